The number of amides is 2. The van der Waals surface area contributed by atoms with Crippen molar-refractivity contribution in [3.05, 3.63) is 88.8 Å². The topological polar surface area (TPSA) is 103 Å². The second kappa shape index (κ2) is 11.0. The number of methoxy groups -OCH3 is 1. The van der Waals surface area contributed by atoms with E-state index in [2.05, 4.69) is 10.2 Å². The van der Waals surface area contributed by atoms with E-state index in [9.17, 15) is 14.4 Å². The smallest absolute Gasteiger partial charge is 0.337 e. The molecule has 2 amide bonds. The lowest BCUT2D eigenvalue weighted by atomic mass is 9.94. The van der Waals surface area contributed by atoms with Crippen molar-refractivity contribution < 1.29 is 23.5 Å². The Balaban J connectivity index is 1.07. The highest BCUT2D eigenvalue weighted by Gasteiger charge is 2.32. The Morgan fingerprint density at radius 3 is 2.30 bits per heavy atom. The zero-order chi connectivity index (χ0) is 25.8. The maximum Gasteiger partial charge on any atom is 0.337 e. The van der Waals surface area contributed by atoms with E-state index in [1.807, 2.05) is 36.4 Å². The average molecular weight is 516 g/mol. The average Bonchev–Trinajstić information content (AvgIpc) is 3.39. The molecule has 4 aromatic rings. The van der Waals surface area contributed by atoms with Gasteiger partial charge >= 0.3 is 5.97 Å². The number of benzene rings is 3. The molecule has 0 saturated carbocycles. The molecule has 188 valence electrons. The van der Waals surface area contributed by atoms with Gasteiger partial charge in [-0.25, -0.2) is 4.79 Å². The molecular weight excluding hydrogens is 490 g/mol. The van der Waals surface area contributed by atoms with E-state index in [-0.39, 0.29) is 17.8 Å². The predicted molar refractivity (Wildman–Crippen MR) is 139 cm³/mol. The van der Waals surface area contributed by atoms with E-state index in [1.54, 1.807) is 24.3 Å². The van der Waals surface area contributed by atoms with Gasteiger partial charge in [-0.15, -0.1) is 10.2 Å². The van der Waals surface area contributed by atoms with Crippen molar-refractivity contribution in [2.24, 2.45) is 0 Å². The fraction of sp³-hybridized carbons (Fsp3) is 0.250. The van der Waals surface area contributed by atoms with E-state index in [1.165, 1.54) is 23.8 Å². The number of nitrogens with zero attached hydrogens (tertiary/aromatic N) is 3. The molecule has 0 spiro atoms. The van der Waals surface area contributed by atoms with Crippen molar-refractivity contribution in [1.29, 1.82) is 0 Å². The minimum absolute atomic E-state index is 0.229. The first-order valence-corrected chi connectivity index (χ1v) is 13.0. The van der Waals surface area contributed by atoms with Gasteiger partial charge in [-0.3, -0.25) is 14.5 Å². The number of thioether (sulfide) groups is 1. The first-order valence-electron chi connectivity index (χ1n) is 12.1. The van der Waals surface area contributed by atoms with Gasteiger partial charge in [0.2, 0.25) is 5.89 Å². The molecule has 5 rings (SSSR count). The number of carbonyl (C=O) groups is 3. The van der Waals surface area contributed by atoms with Crippen LogP contribution < -0.4 is 0 Å². The second-order valence-electron chi connectivity index (χ2n) is 8.72. The number of hydrogen-bond donors (Lipinski definition) is 0. The summed E-state index contributed by atoms with van der Waals surface area (Å²) in [5, 5.41) is 10.4. The highest BCUT2D eigenvalue weighted by Crippen LogP contribution is 2.30. The number of unbranched alkanes of at least 4 members (excludes halogenated alkanes) is 2. The molecule has 0 fully saturated rings. The third-order valence-corrected chi connectivity index (χ3v) is 7.20. The molecule has 0 unspecified atom stereocenters. The highest BCUT2D eigenvalue weighted by molar-refractivity contribution is 7.98. The van der Waals surface area contributed by atoms with E-state index in [0.717, 1.165) is 29.2 Å². The van der Waals surface area contributed by atoms with Gasteiger partial charge < -0.3 is 9.15 Å². The van der Waals surface area contributed by atoms with Crippen LogP contribution in [-0.4, -0.2) is 46.5 Å². The van der Waals surface area contributed by atoms with E-state index >= 15 is 0 Å². The number of esters is 1. The summed E-state index contributed by atoms with van der Waals surface area (Å²) in [5.41, 5.74) is 2.71. The molecule has 0 atom stereocenters. The molecule has 1 aromatic heterocycles. The van der Waals surface area contributed by atoms with Crippen molar-refractivity contribution in [2.45, 2.75) is 36.7 Å². The van der Waals surface area contributed by atoms with Gasteiger partial charge in [0.15, 0.2) is 0 Å². The number of imide groups is 1. The van der Waals surface area contributed by atoms with Crippen molar-refractivity contribution in [3.63, 3.8) is 0 Å². The van der Waals surface area contributed by atoms with Crippen molar-refractivity contribution in [3.8, 4) is 0 Å². The van der Waals surface area contributed by atoms with Gasteiger partial charge in [-0.05, 0) is 48.1 Å². The SMILES string of the molecule is COC(=O)c1ccc(CSc2nnc(CCCCCN3C(=O)c4cccc5cccc(c45)C3=O)o2)cc1. The van der Waals surface area contributed by atoms with Crippen molar-refractivity contribution >= 4 is 40.3 Å². The normalized spacial score (nSPS) is 12.8. The zero-order valence-electron chi connectivity index (χ0n) is 20.3. The minimum Gasteiger partial charge on any atom is -0.465 e. The monoisotopic (exact) mass is 515 g/mol. The summed E-state index contributed by atoms with van der Waals surface area (Å²) in [6.45, 7) is 0.377. The summed E-state index contributed by atoms with van der Waals surface area (Å²) in [4.78, 5) is 38.8. The van der Waals surface area contributed by atoms with Crippen LogP contribution in [0.25, 0.3) is 10.8 Å². The summed E-state index contributed by atoms with van der Waals surface area (Å²) in [7, 11) is 1.36. The van der Waals surface area contributed by atoms with Crippen LogP contribution in [0.1, 0.15) is 61.8 Å². The number of hydrogen-bond acceptors (Lipinski definition) is 8. The van der Waals surface area contributed by atoms with Crippen LogP contribution in [0.5, 0.6) is 0 Å². The Morgan fingerprint density at radius 2 is 1.62 bits per heavy atom. The largest absolute Gasteiger partial charge is 0.465 e. The lowest BCUT2D eigenvalue weighted by molar-refractivity contribution is 0.0592. The third kappa shape index (κ3) is 5.27. The molecule has 0 aliphatic carbocycles. The maximum absolute atomic E-state index is 13.0. The van der Waals surface area contributed by atoms with Gasteiger partial charge in [-0.2, -0.15) is 0 Å². The molecule has 1 aliphatic rings. The van der Waals surface area contributed by atoms with Crippen LogP contribution in [0.15, 0.2) is 70.3 Å². The van der Waals surface area contributed by atoms with E-state index < -0.39 is 0 Å². The number of rotatable bonds is 10. The molecule has 0 bridgehead atoms. The summed E-state index contributed by atoms with van der Waals surface area (Å²) >= 11 is 1.43. The lowest BCUT2D eigenvalue weighted by Crippen LogP contribution is -2.40. The quantitative estimate of drug-likeness (QED) is 0.121. The van der Waals surface area contributed by atoms with Crippen LogP contribution in [-0.2, 0) is 16.9 Å². The molecule has 0 N–H and O–H groups in total. The number of carbonyl (C=O) groups excluding carboxylic acids is 3. The van der Waals surface area contributed by atoms with Crippen LogP contribution in [0.3, 0.4) is 0 Å². The molecule has 0 saturated heterocycles. The molecule has 1 aliphatic heterocycles. The van der Waals surface area contributed by atoms with Crippen LogP contribution in [0, 0.1) is 0 Å². The first kappa shape index (κ1) is 24.7. The molecule has 9 heteroatoms. The Hall–Kier alpha value is -3.98. The minimum atomic E-state index is -0.363. The van der Waals surface area contributed by atoms with E-state index in [0.29, 0.717) is 52.9 Å². The van der Waals surface area contributed by atoms with Crippen LogP contribution in [0.2, 0.25) is 0 Å². The molecule has 3 aromatic carbocycles. The first-order chi connectivity index (χ1) is 18.0. The van der Waals surface area contributed by atoms with Gasteiger partial charge in [0.05, 0.1) is 12.7 Å². The van der Waals surface area contributed by atoms with Crippen LogP contribution >= 0.6 is 11.8 Å². The summed E-state index contributed by atoms with van der Waals surface area (Å²) in [6.07, 6.45) is 2.96. The third-order valence-electron chi connectivity index (χ3n) is 6.31. The molecule has 0 radical (unpaired) electrons. The fourth-order valence-electron chi connectivity index (χ4n) is 4.40. The summed E-state index contributed by atoms with van der Waals surface area (Å²) in [5.74, 6) is 0.380. The van der Waals surface area contributed by atoms with Crippen molar-refractivity contribution in [1.82, 2.24) is 15.1 Å². The summed E-state index contributed by atoms with van der Waals surface area (Å²) < 4.78 is 10.4. The Labute approximate surface area is 218 Å². The molecule has 37 heavy (non-hydrogen) atoms. The van der Waals surface area contributed by atoms with Crippen molar-refractivity contribution in [2.75, 3.05) is 13.7 Å². The Kier molecular flexibility index (Phi) is 7.32. The number of ether oxygens (including phenoxy) is 1. The summed E-state index contributed by atoms with van der Waals surface area (Å²) in [6, 6.07) is 18.3. The van der Waals surface area contributed by atoms with Gasteiger partial charge in [0.1, 0.15) is 0 Å². The second-order valence-corrected chi connectivity index (χ2v) is 9.65. The molecule has 2 heterocycles. The number of aryl methyl sites for hydroxylation is 1. The Morgan fingerprint density at radius 1 is 0.919 bits per heavy atom. The van der Waals surface area contributed by atoms with Crippen LogP contribution in [0.4, 0.5) is 0 Å². The zero-order valence-corrected chi connectivity index (χ0v) is 21.1. The van der Waals surface area contributed by atoms with E-state index in [4.69, 9.17) is 9.15 Å². The lowest BCUT2D eigenvalue weighted by Gasteiger charge is -2.27. The predicted octanol–water partition coefficient (Wildman–Crippen LogP) is 5.31. The highest BCUT2D eigenvalue weighted by atomic mass is 32.2. The molecule has 8 nitrogen and oxygen atoms in total. The van der Waals surface area contributed by atoms with Gasteiger partial charge in [0.25, 0.3) is 17.0 Å². The Bertz CT molecular complexity index is 1410. The number of aromatic nitrogens is 2. The maximum atomic E-state index is 13.0. The standard InChI is InChI=1S/C28H25N3O5S/c1-35-27(34)20-14-12-18(13-15-20)17-37-28-30-29-23(36-28)11-3-2-4-16-31-25(32)21-9-5-7-19-8-6-10-22(24(19)21)26(31)33/h5-10,12-15H,2-4,11,16-17H2,1H3. The van der Waals surface area contributed by atoms with Gasteiger partial charge in [-0.1, -0.05) is 54.6 Å². The van der Waals surface area contributed by atoms with Gasteiger partial charge in [0, 0.05) is 35.2 Å². The molecular formula is C28H25N3O5S. The fourth-order valence-corrected chi connectivity index (χ4v) is 5.14.